The quantitative estimate of drug-likeness (QED) is 0.779. The number of H-pyrrole nitrogens is 1. The third-order valence-electron chi connectivity index (χ3n) is 3.36. The van der Waals surface area contributed by atoms with Crippen LogP contribution in [0.3, 0.4) is 0 Å². The molecule has 1 aromatic heterocycles. The maximum Gasteiger partial charge on any atom is 0.0541 e. The predicted octanol–water partition coefficient (Wildman–Crippen LogP) is 2.67. The van der Waals surface area contributed by atoms with Crippen LogP contribution in [0, 0.1) is 0 Å². The highest BCUT2D eigenvalue weighted by molar-refractivity contribution is 5.89. The van der Waals surface area contributed by atoms with Crippen molar-refractivity contribution in [2.75, 3.05) is 0 Å². The third-order valence-corrected chi connectivity index (χ3v) is 3.36. The Morgan fingerprint density at radius 3 is 2.94 bits per heavy atom. The van der Waals surface area contributed by atoms with Crippen LogP contribution in [-0.2, 0) is 6.42 Å². The Morgan fingerprint density at radius 1 is 1.22 bits per heavy atom. The molecule has 0 aliphatic heterocycles. The lowest BCUT2D eigenvalue weighted by molar-refractivity contribution is 1.27. The second-order valence-electron chi connectivity index (χ2n) is 4.47. The van der Waals surface area contributed by atoms with Gasteiger partial charge in [0.25, 0.3) is 0 Å². The van der Waals surface area contributed by atoms with Crippen molar-refractivity contribution in [3.05, 3.63) is 64.7 Å². The largest absolute Gasteiger partial charge is 0.354 e. The molecule has 1 heterocycles. The van der Waals surface area contributed by atoms with E-state index in [0.29, 0.717) is 0 Å². The van der Waals surface area contributed by atoms with Crippen LogP contribution in [0.25, 0.3) is 29.6 Å². The number of aromatic nitrogens is 1. The van der Waals surface area contributed by atoms with Crippen molar-refractivity contribution in [1.29, 1.82) is 0 Å². The summed E-state index contributed by atoms with van der Waals surface area (Å²) in [7, 11) is 0. The van der Waals surface area contributed by atoms with Crippen molar-refractivity contribution in [2.24, 2.45) is 0 Å². The van der Waals surface area contributed by atoms with Gasteiger partial charge in [0, 0.05) is 16.3 Å². The minimum atomic E-state index is 0.965. The van der Waals surface area contributed by atoms with Crippen LogP contribution in [0.5, 0.6) is 0 Å². The number of allylic oxidation sites excluding steroid dienone is 4. The molecular formula is C17H15N. The van der Waals surface area contributed by atoms with Crippen molar-refractivity contribution >= 4 is 29.6 Å². The van der Waals surface area contributed by atoms with Crippen LogP contribution < -0.4 is 10.4 Å². The summed E-state index contributed by atoms with van der Waals surface area (Å²) in [6, 6.07) is 4.23. The van der Waals surface area contributed by atoms with Gasteiger partial charge in [0.2, 0.25) is 0 Å². The molecule has 1 aromatic carbocycles. The molecular weight excluding hydrogens is 218 g/mol. The Labute approximate surface area is 106 Å². The first-order chi connectivity index (χ1) is 8.81. The highest BCUT2D eigenvalue weighted by Gasteiger charge is 2.10. The molecule has 0 fully saturated rings. The van der Waals surface area contributed by atoms with E-state index in [-0.39, 0.29) is 0 Å². The molecule has 0 unspecified atom stereocenters. The van der Waals surface area contributed by atoms with E-state index in [4.69, 9.17) is 0 Å². The lowest BCUT2D eigenvalue weighted by Gasteiger charge is -1.96. The van der Waals surface area contributed by atoms with Crippen molar-refractivity contribution in [1.82, 2.24) is 4.98 Å². The zero-order valence-corrected chi connectivity index (χ0v) is 10.2. The summed E-state index contributed by atoms with van der Waals surface area (Å²) in [6.07, 6.45) is 13.3. The molecule has 88 valence electrons. The van der Waals surface area contributed by atoms with Crippen LogP contribution in [0.4, 0.5) is 0 Å². The smallest absolute Gasteiger partial charge is 0.0541 e. The monoisotopic (exact) mass is 233 g/mol. The van der Waals surface area contributed by atoms with E-state index < -0.39 is 0 Å². The summed E-state index contributed by atoms with van der Waals surface area (Å²) in [4.78, 5) is 3.50. The molecule has 0 spiro atoms. The van der Waals surface area contributed by atoms with E-state index >= 15 is 0 Å². The predicted molar refractivity (Wildman–Crippen MR) is 79.6 cm³/mol. The van der Waals surface area contributed by atoms with Gasteiger partial charge in [-0.3, -0.25) is 0 Å². The lowest BCUT2D eigenvalue weighted by atomic mass is 10.1. The molecule has 3 rings (SSSR count). The average Bonchev–Trinajstić information content (AvgIpc) is 2.56. The highest BCUT2D eigenvalue weighted by Crippen LogP contribution is 2.23. The van der Waals surface area contributed by atoms with E-state index in [1.54, 1.807) is 0 Å². The van der Waals surface area contributed by atoms with E-state index in [2.05, 4.69) is 54.6 Å². The zero-order valence-electron chi connectivity index (χ0n) is 10.2. The first-order valence-corrected chi connectivity index (χ1v) is 6.09. The van der Waals surface area contributed by atoms with E-state index in [1.807, 2.05) is 12.2 Å². The Hall–Kier alpha value is -2.28. The van der Waals surface area contributed by atoms with Gasteiger partial charge in [0.15, 0.2) is 0 Å². The molecule has 1 heteroatoms. The summed E-state index contributed by atoms with van der Waals surface area (Å²) in [6.45, 7) is 7.86. The molecule has 0 radical (unpaired) electrons. The third kappa shape index (κ3) is 1.56. The van der Waals surface area contributed by atoms with Gasteiger partial charge >= 0.3 is 0 Å². The van der Waals surface area contributed by atoms with Gasteiger partial charge in [-0.2, -0.15) is 0 Å². The van der Waals surface area contributed by atoms with Crippen LogP contribution in [0.2, 0.25) is 0 Å². The standard InChI is InChI=1S/C17H15N/c1-3-7-13-12(2)10-11-15-14-8-5-4-6-9-16(14)18-17(13)15/h3-7,9-11,18H,1-2,8H2/b13-7+. The van der Waals surface area contributed by atoms with E-state index in [0.717, 1.165) is 22.4 Å². The summed E-state index contributed by atoms with van der Waals surface area (Å²) in [5.74, 6) is 0. The molecule has 1 aliphatic rings. The molecule has 18 heavy (non-hydrogen) atoms. The number of nitrogens with one attached hydrogen (secondary N) is 1. The Bertz CT molecular complexity index is 785. The molecule has 0 amide bonds. The zero-order chi connectivity index (χ0) is 12.5. The first kappa shape index (κ1) is 10.8. The molecule has 0 bridgehead atoms. The molecule has 0 atom stereocenters. The second-order valence-corrected chi connectivity index (χ2v) is 4.47. The summed E-state index contributed by atoms with van der Waals surface area (Å²) in [5.41, 5.74) is 3.71. The van der Waals surface area contributed by atoms with Crippen molar-refractivity contribution < 1.29 is 0 Å². The number of benzene rings is 1. The maximum atomic E-state index is 4.08. The fourth-order valence-corrected chi connectivity index (χ4v) is 2.49. The number of hydrogen-bond donors (Lipinski definition) is 1. The average molecular weight is 233 g/mol. The van der Waals surface area contributed by atoms with E-state index in [1.165, 1.54) is 16.6 Å². The summed E-state index contributed by atoms with van der Waals surface area (Å²) in [5, 5.41) is 3.44. The normalized spacial score (nSPS) is 14.8. The Kier molecular flexibility index (Phi) is 2.52. The van der Waals surface area contributed by atoms with Gasteiger partial charge in [-0.15, -0.1) is 0 Å². The Balaban J connectivity index is 2.47. The van der Waals surface area contributed by atoms with Gasteiger partial charge in [0.05, 0.1) is 5.52 Å². The topological polar surface area (TPSA) is 15.8 Å². The lowest BCUT2D eigenvalue weighted by Crippen LogP contribution is -2.23. The SMILES string of the molecule is C=C/C=c1\c(=C)ccc2c3c([nH]c12)C=CC=CC3. The Morgan fingerprint density at radius 2 is 2.11 bits per heavy atom. The van der Waals surface area contributed by atoms with Gasteiger partial charge in [-0.1, -0.05) is 55.7 Å². The highest BCUT2D eigenvalue weighted by atomic mass is 14.7. The van der Waals surface area contributed by atoms with Crippen LogP contribution >= 0.6 is 0 Å². The van der Waals surface area contributed by atoms with Crippen LogP contribution in [0.15, 0.2) is 43.0 Å². The molecule has 2 aromatic rings. The van der Waals surface area contributed by atoms with Gasteiger partial charge < -0.3 is 4.98 Å². The van der Waals surface area contributed by atoms with Gasteiger partial charge in [-0.25, -0.2) is 0 Å². The minimum absolute atomic E-state index is 0.965. The molecule has 1 N–H and O–H groups in total. The molecule has 0 saturated carbocycles. The van der Waals surface area contributed by atoms with Crippen molar-refractivity contribution in [3.8, 4) is 0 Å². The van der Waals surface area contributed by atoms with Crippen LogP contribution in [0.1, 0.15) is 11.3 Å². The van der Waals surface area contributed by atoms with E-state index in [9.17, 15) is 0 Å². The van der Waals surface area contributed by atoms with Crippen molar-refractivity contribution in [2.45, 2.75) is 6.42 Å². The molecule has 1 nitrogen and oxygen atoms in total. The first-order valence-electron chi connectivity index (χ1n) is 6.09. The molecule has 0 saturated heterocycles. The second kappa shape index (κ2) is 4.19. The fourth-order valence-electron chi connectivity index (χ4n) is 2.49. The number of hydrogen-bond acceptors (Lipinski definition) is 0. The van der Waals surface area contributed by atoms with Gasteiger partial charge in [0.1, 0.15) is 0 Å². The number of aromatic amines is 1. The van der Waals surface area contributed by atoms with Crippen molar-refractivity contribution in [3.63, 3.8) is 0 Å². The summed E-state index contributed by atoms with van der Waals surface area (Å²) < 4.78 is 0. The van der Waals surface area contributed by atoms with Crippen LogP contribution in [-0.4, -0.2) is 4.98 Å². The minimum Gasteiger partial charge on any atom is -0.354 e. The van der Waals surface area contributed by atoms with Gasteiger partial charge in [-0.05, 0) is 23.3 Å². The number of fused-ring (bicyclic) bond motifs is 3. The maximum absolute atomic E-state index is 4.08. The fraction of sp³-hybridized carbons (Fsp3) is 0.0588. The molecule has 1 aliphatic carbocycles. The number of rotatable bonds is 1. The summed E-state index contributed by atoms with van der Waals surface area (Å²) >= 11 is 0.